The molecule has 0 amide bonds. The van der Waals surface area contributed by atoms with Crippen LogP contribution in [0.1, 0.15) is 11.1 Å². The normalized spacial score (nSPS) is 11.1. The molecule has 0 aliphatic heterocycles. The van der Waals surface area contributed by atoms with Crippen LogP contribution < -0.4 is 5.73 Å². The molecule has 136 valence electrons. The number of nitrogens with zero attached hydrogens (tertiary/aromatic N) is 4. The quantitative estimate of drug-likeness (QED) is 0.474. The highest BCUT2D eigenvalue weighted by Gasteiger charge is 2.19. The molecule has 0 unspecified atom stereocenters. The van der Waals surface area contributed by atoms with Gasteiger partial charge in [0.25, 0.3) is 0 Å². The number of thiazole rings is 1. The molecular formula is C19H15BrFN5S. The molecule has 0 aliphatic carbocycles. The fourth-order valence-corrected chi connectivity index (χ4v) is 3.93. The van der Waals surface area contributed by atoms with Crippen LogP contribution in [0.5, 0.6) is 0 Å². The second-order valence-corrected chi connectivity index (χ2v) is 7.96. The number of anilines is 1. The summed E-state index contributed by atoms with van der Waals surface area (Å²) in [6, 6.07) is 10.9. The molecule has 2 heterocycles. The van der Waals surface area contributed by atoms with Crippen LogP contribution in [0.3, 0.4) is 0 Å². The lowest BCUT2D eigenvalue weighted by molar-refractivity contribution is 0.607. The van der Waals surface area contributed by atoms with Gasteiger partial charge < -0.3 is 5.73 Å². The summed E-state index contributed by atoms with van der Waals surface area (Å²) in [7, 11) is 0. The van der Waals surface area contributed by atoms with Gasteiger partial charge in [0.1, 0.15) is 16.5 Å². The molecule has 27 heavy (non-hydrogen) atoms. The van der Waals surface area contributed by atoms with E-state index in [1.807, 2.05) is 12.3 Å². The second kappa shape index (κ2) is 6.86. The number of rotatable bonds is 3. The number of aromatic nitrogens is 4. The number of benzene rings is 2. The largest absolute Gasteiger partial charge is 0.382 e. The smallest absolute Gasteiger partial charge is 0.165 e. The van der Waals surface area contributed by atoms with Crippen molar-refractivity contribution in [3.63, 3.8) is 0 Å². The Labute approximate surface area is 167 Å². The molecule has 0 saturated carbocycles. The lowest BCUT2D eigenvalue weighted by Gasteiger charge is -2.05. The predicted octanol–water partition coefficient (Wildman–Crippen LogP) is 5.16. The van der Waals surface area contributed by atoms with Crippen molar-refractivity contribution in [1.82, 2.24) is 20.0 Å². The van der Waals surface area contributed by atoms with E-state index in [1.165, 1.54) is 27.6 Å². The first-order valence-electron chi connectivity index (χ1n) is 8.14. The van der Waals surface area contributed by atoms with E-state index in [1.54, 1.807) is 12.1 Å². The summed E-state index contributed by atoms with van der Waals surface area (Å²) in [6.07, 6.45) is 0. The molecule has 2 aromatic heterocycles. The van der Waals surface area contributed by atoms with Crippen molar-refractivity contribution in [1.29, 1.82) is 0 Å². The summed E-state index contributed by atoms with van der Waals surface area (Å²) in [6.45, 7) is 4.10. The van der Waals surface area contributed by atoms with Gasteiger partial charge in [0.2, 0.25) is 0 Å². The minimum atomic E-state index is -0.442. The van der Waals surface area contributed by atoms with Crippen molar-refractivity contribution in [3.8, 4) is 27.6 Å². The summed E-state index contributed by atoms with van der Waals surface area (Å²) in [4.78, 5) is 4.68. The molecule has 0 spiro atoms. The van der Waals surface area contributed by atoms with E-state index in [0.29, 0.717) is 15.2 Å². The fraction of sp³-hybridized carbons (Fsp3) is 0.105. The third-order valence-corrected chi connectivity index (χ3v) is 5.56. The summed E-state index contributed by atoms with van der Waals surface area (Å²) >= 11 is 4.67. The summed E-state index contributed by atoms with van der Waals surface area (Å²) in [5.41, 5.74) is 11.1. The molecule has 8 heteroatoms. The molecule has 2 N–H and O–H groups in total. The van der Waals surface area contributed by atoms with Gasteiger partial charge in [0, 0.05) is 15.4 Å². The van der Waals surface area contributed by atoms with E-state index >= 15 is 0 Å². The Bertz CT molecular complexity index is 1150. The maximum Gasteiger partial charge on any atom is 0.165 e. The summed E-state index contributed by atoms with van der Waals surface area (Å²) < 4.78 is 16.2. The number of hydrogen-bond acceptors (Lipinski definition) is 5. The highest BCUT2D eigenvalue weighted by molar-refractivity contribution is 9.10. The standard InChI is InChI=1S/C19H15BrFN5S/c1-10-3-4-11(2)13(7-10)15-9-27-19(23-15)17-18(22)26(25-24-17)16-6-5-12(20)8-14(16)21/h3-9H,22H2,1-2H3. The molecule has 0 saturated heterocycles. The van der Waals surface area contributed by atoms with Gasteiger partial charge in [0.05, 0.1) is 5.69 Å². The summed E-state index contributed by atoms with van der Waals surface area (Å²) in [5.74, 6) is -0.194. The molecule has 0 bridgehead atoms. The summed E-state index contributed by atoms with van der Waals surface area (Å²) in [5, 5.41) is 10.8. The van der Waals surface area contributed by atoms with Crippen LogP contribution in [0.4, 0.5) is 10.2 Å². The SMILES string of the molecule is Cc1ccc(C)c(-c2csc(-c3nnn(-c4ccc(Br)cc4F)c3N)n2)c1. The Hall–Kier alpha value is -2.58. The highest BCUT2D eigenvalue weighted by atomic mass is 79.9. The molecule has 0 aliphatic rings. The molecule has 0 radical (unpaired) electrons. The molecule has 4 rings (SSSR count). The van der Waals surface area contributed by atoms with E-state index < -0.39 is 5.82 Å². The Morgan fingerprint density at radius 3 is 2.74 bits per heavy atom. The number of hydrogen-bond donors (Lipinski definition) is 1. The van der Waals surface area contributed by atoms with Crippen molar-refractivity contribution in [2.75, 3.05) is 5.73 Å². The van der Waals surface area contributed by atoms with E-state index in [2.05, 4.69) is 56.3 Å². The van der Waals surface area contributed by atoms with Crippen LogP contribution in [-0.4, -0.2) is 20.0 Å². The fourth-order valence-electron chi connectivity index (χ4n) is 2.79. The number of aryl methyl sites for hydroxylation is 2. The molecular weight excluding hydrogens is 429 g/mol. The Morgan fingerprint density at radius 2 is 1.96 bits per heavy atom. The number of nitrogen functional groups attached to an aromatic ring is 1. The Balaban J connectivity index is 1.75. The van der Waals surface area contributed by atoms with E-state index in [-0.39, 0.29) is 11.5 Å². The van der Waals surface area contributed by atoms with Crippen molar-refractivity contribution in [3.05, 3.63) is 63.2 Å². The Morgan fingerprint density at radius 1 is 1.15 bits per heavy atom. The van der Waals surface area contributed by atoms with Gasteiger partial charge in [-0.3, -0.25) is 0 Å². The van der Waals surface area contributed by atoms with Crippen LogP contribution in [0.15, 0.2) is 46.3 Å². The minimum absolute atomic E-state index is 0.237. The maximum atomic E-state index is 14.2. The van der Waals surface area contributed by atoms with E-state index in [0.717, 1.165) is 16.8 Å². The zero-order valence-electron chi connectivity index (χ0n) is 14.6. The van der Waals surface area contributed by atoms with Crippen LogP contribution in [0.25, 0.3) is 27.6 Å². The topological polar surface area (TPSA) is 69.6 Å². The third kappa shape index (κ3) is 3.26. The van der Waals surface area contributed by atoms with Gasteiger partial charge in [-0.2, -0.15) is 4.68 Å². The Kier molecular flexibility index (Phi) is 4.53. The van der Waals surface area contributed by atoms with Gasteiger partial charge >= 0.3 is 0 Å². The lowest BCUT2D eigenvalue weighted by atomic mass is 10.0. The van der Waals surface area contributed by atoms with Crippen LogP contribution >= 0.6 is 27.3 Å². The van der Waals surface area contributed by atoms with E-state index in [4.69, 9.17) is 5.73 Å². The van der Waals surface area contributed by atoms with Crippen molar-refractivity contribution in [2.24, 2.45) is 0 Å². The predicted molar refractivity (Wildman–Crippen MR) is 109 cm³/mol. The maximum absolute atomic E-state index is 14.2. The van der Waals surface area contributed by atoms with Gasteiger partial charge in [-0.1, -0.05) is 38.8 Å². The zero-order valence-corrected chi connectivity index (χ0v) is 17.0. The average molecular weight is 444 g/mol. The first kappa shape index (κ1) is 17.8. The molecule has 0 fully saturated rings. The zero-order chi connectivity index (χ0) is 19.1. The molecule has 2 aromatic carbocycles. The van der Waals surface area contributed by atoms with E-state index in [9.17, 15) is 4.39 Å². The highest BCUT2D eigenvalue weighted by Crippen LogP contribution is 2.33. The monoisotopic (exact) mass is 443 g/mol. The van der Waals surface area contributed by atoms with Crippen LogP contribution in [-0.2, 0) is 0 Å². The van der Waals surface area contributed by atoms with Gasteiger partial charge in [-0.25, -0.2) is 9.37 Å². The average Bonchev–Trinajstić information content (AvgIpc) is 3.24. The number of halogens is 2. The van der Waals surface area contributed by atoms with Crippen LogP contribution in [0, 0.1) is 19.7 Å². The third-order valence-electron chi connectivity index (χ3n) is 4.22. The van der Waals surface area contributed by atoms with Crippen LogP contribution in [0.2, 0.25) is 0 Å². The lowest BCUT2D eigenvalue weighted by Crippen LogP contribution is -2.04. The van der Waals surface area contributed by atoms with Crippen molar-refractivity contribution >= 4 is 33.1 Å². The first-order valence-corrected chi connectivity index (χ1v) is 9.81. The molecule has 5 nitrogen and oxygen atoms in total. The number of nitrogens with two attached hydrogens (primary N) is 1. The molecule has 0 atom stereocenters. The van der Waals surface area contributed by atoms with Gasteiger partial charge in [-0.05, 0) is 43.7 Å². The second-order valence-electron chi connectivity index (χ2n) is 6.19. The van der Waals surface area contributed by atoms with Gasteiger partial charge in [0.15, 0.2) is 11.5 Å². The van der Waals surface area contributed by atoms with Gasteiger partial charge in [-0.15, -0.1) is 16.4 Å². The molecule has 4 aromatic rings. The first-order chi connectivity index (χ1) is 12.9. The minimum Gasteiger partial charge on any atom is -0.382 e. The van der Waals surface area contributed by atoms with Crippen molar-refractivity contribution < 1.29 is 4.39 Å². The van der Waals surface area contributed by atoms with Crippen molar-refractivity contribution in [2.45, 2.75) is 13.8 Å².